The van der Waals surface area contributed by atoms with E-state index < -0.39 is 18.1 Å². The van der Waals surface area contributed by atoms with Gasteiger partial charge in [0.2, 0.25) is 5.91 Å². The molecular weight excluding hydrogens is 318 g/mol. The molecule has 19 heavy (non-hydrogen) atoms. The van der Waals surface area contributed by atoms with E-state index >= 15 is 0 Å². The summed E-state index contributed by atoms with van der Waals surface area (Å²) in [7, 11) is 0. The quantitative estimate of drug-likeness (QED) is 0.910. The van der Waals surface area contributed by atoms with Gasteiger partial charge in [-0.1, -0.05) is 6.92 Å². The molecule has 0 spiro atoms. The first-order valence-electron chi connectivity index (χ1n) is 5.93. The molecule has 7 heteroatoms. The molecule has 1 saturated heterocycles. The van der Waals surface area contributed by atoms with Gasteiger partial charge in [-0.05, 0) is 28.4 Å². The molecule has 6 nitrogen and oxygen atoms in total. The Morgan fingerprint density at radius 1 is 1.63 bits per heavy atom. The lowest BCUT2D eigenvalue weighted by atomic mass is 10.0. The average Bonchev–Trinajstić information content (AvgIpc) is 2.77. The van der Waals surface area contributed by atoms with E-state index in [0.717, 1.165) is 6.42 Å². The third kappa shape index (κ3) is 2.66. The van der Waals surface area contributed by atoms with E-state index in [2.05, 4.69) is 15.9 Å². The van der Waals surface area contributed by atoms with Crippen LogP contribution in [0.4, 0.5) is 0 Å². The molecule has 104 valence electrons. The van der Waals surface area contributed by atoms with Crippen LogP contribution in [0.2, 0.25) is 0 Å². The van der Waals surface area contributed by atoms with Gasteiger partial charge in [-0.2, -0.15) is 0 Å². The molecule has 1 aliphatic rings. The Labute approximate surface area is 118 Å². The second-order valence-electron chi connectivity index (χ2n) is 4.23. The second-order valence-corrected chi connectivity index (χ2v) is 5.09. The lowest BCUT2D eigenvalue weighted by Crippen LogP contribution is -2.52. The van der Waals surface area contributed by atoms with Crippen LogP contribution in [-0.4, -0.2) is 41.1 Å². The van der Waals surface area contributed by atoms with Gasteiger partial charge in [0.15, 0.2) is 6.10 Å². The van der Waals surface area contributed by atoms with Crippen molar-refractivity contribution in [3.05, 3.63) is 22.6 Å². The van der Waals surface area contributed by atoms with Crippen LogP contribution in [0, 0.1) is 0 Å². The van der Waals surface area contributed by atoms with Crippen LogP contribution in [0.15, 0.2) is 21.2 Å². The van der Waals surface area contributed by atoms with Crippen molar-refractivity contribution < 1.29 is 23.8 Å². The van der Waals surface area contributed by atoms with Gasteiger partial charge in [0, 0.05) is 6.54 Å². The number of hydrogen-bond donors (Lipinski definition) is 1. The van der Waals surface area contributed by atoms with E-state index in [4.69, 9.17) is 9.15 Å². The molecule has 1 aromatic rings. The minimum atomic E-state index is -1.12. The highest BCUT2D eigenvalue weighted by Gasteiger charge is 2.44. The summed E-state index contributed by atoms with van der Waals surface area (Å²) >= 11 is 3.30. The Hall–Kier alpha value is -1.34. The minimum absolute atomic E-state index is 0.216. The number of aliphatic carboxylic acids is 1. The lowest BCUT2D eigenvalue weighted by molar-refractivity contribution is -0.174. The summed E-state index contributed by atoms with van der Waals surface area (Å²) in [5.74, 6) is -0.941. The average molecular weight is 332 g/mol. The fourth-order valence-corrected chi connectivity index (χ4v) is 2.60. The Balaban J connectivity index is 2.41. The number of furan rings is 1. The summed E-state index contributed by atoms with van der Waals surface area (Å²) < 4.78 is 11.1. The summed E-state index contributed by atoms with van der Waals surface area (Å²) in [5.41, 5.74) is 0. The van der Waals surface area contributed by atoms with E-state index in [-0.39, 0.29) is 12.5 Å². The number of rotatable bonds is 4. The van der Waals surface area contributed by atoms with E-state index in [1.165, 1.54) is 11.2 Å². The third-order valence-electron chi connectivity index (χ3n) is 2.95. The maximum Gasteiger partial charge on any atom is 0.335 e. The number of carbonyl (C=O) groups excluding carboxylic acids is 1. The molecule has 1 aliphatic heterocycles. The molecule has 0 bridgehead atoms. The van der Waals surface area contributed by atoms with Crippen molar-refractivity contribution in [1.29, 1.82) is 0 Å². The number of ether oxygens (including phenoxy) is 1. The number of hydrogen-bond acceptors (Lipinski definition) is 4. The van der Waals surface area contributed by atoms with Crippen LogP contribution < -0.4 is 0 Å². The first-order chi connectivity index (χ1) is 9.06. The summed E-state index contributed by atoms with van der Waals surface area (Å²) in [5, 5.41) is 9.25. The van der Waals surface area contributed by atoms with Crippen LogP contribution in [0.1, 0.15) is 25.1 Å². The fourth-order valence-electron chi connectivity index (χ4n) is 2.16. The van der Waals surface area contributed by atoms with Gasteiger partial charge >= 0.3 is 5.97 Å². The monoisotopic (exact) mass is 331 g/mol. The van der Waals surface area contributed by atoms with Gasteiger partial charge in [0.05, 0.1) is 10.7 Å². The number of carboxylic acid groups (broad SMARTS) is 1. The van der Waals surface area contributed by atoms with Gasteiger partial charge in [-0.15, -0.1) is 0 Å². The molecule has 2 heterocycles. The topological polar surface area (TPSA) is 80.0 Å². The number of halogens is 1. The Morgan fingerprint density at radius 3 is 2.89 bits per heavy atom. The van der Waals surface area contributed by atoms with Gasteiger partial charge in [-0.3, -0.25) is 4.79 Å². The Bertz CT molecular complexity index is 486. The van der Waals surface area contributed by atoms with Gasteiger partial charge in [0.1, 0.15) is 18.4 Å². The van der Waals surface area contributed by atoms with Crippen LogP contribution in [-0.2, 0) is 14.3 Å². The van der Waals surface area contributed by atoms with E-state index in [0.29, 0.717) is 16.8 Å². The van der Waals surface area contributed by atoms with Crippen molar-refractivity contribution in [2.45, 2.75) is 25.5 Å². The molecular formula is C12H14BrNO5. The molecule has 0 radical (unpaired) electrons. The molecule has 0 saturated carbocycles. The first kappa shape index (κ1) is 14.1. The predicted octanol–water partition coefficient (Wildman–Crippen LogP) is 1.81. The summed E-state index contributed by atoms with van der Waals surface area (Å²) in [6.07, 6.45) is 1.06. The molecule has 1 N–H and O–H groups in total. The number of morpholine rings is 1. The maximum atomic E-state index is 11.9. The summed E-state index contributed by atoms with van der Waals surface area (Å²) in [4.78, 5) is 24.7. The van der Waals surface area contributed by atoms with Crippen LogP contribution in [0.5, 0.6) is 0 Å². The van der Waals surface area contributed by atoms with E-state index in [1.54, 1.807) is 6.07 Å². The van der Waals surface area contributed by atoms with Gasteiger partial charge in [-0.25, -0.2) is 4.79 Å². The zero-order valence-electron chi connectivity index (χ0n) is 10.3. The number of nitrogens with zero attached hydrogens (tertiary/aromatic N) is 1. The number of carbonyl (C=O) groups is 2. The molecule has 0 aromatic carbocycles. The normalized spacial score (nSPS) is 23.7. The molecule has 2 unspecified atom stereocenters. The van der Waals surface area contributed by atoms with Crippen molar-refractivity contribution in [3.8, 4) is 0 Å². The highest BCUT2D eigenvalue weighted by molar-refractivity contribution is 9.10. The standard InChI is InChI=1S/C12H14BrNO5/c1-2-4-14-8(15)6-19-11(12(16)17)9(14)10-7(13)3-5-18-10/h3,5,9,11H,2,4,6H2,1H3,(H,16,17). The smallest absolute Gasteiger partial charge is 0.335 e. The molecule has 1 fully saturated rings. The molecule has 2 rings (SSSR count). The molecule has 1 aromatic heterocycles. The van der Waals surface area contributed by atoms with Gasteiger partial charge in [0.25, 0.3) is 0 Å². The van der Waals surface area contributed by atoms with Crippen molar-refractivity contribution in [2.75, 3.05) is 13.2 Å². The minimum Gasteiger partial charge on any atom is -0.479 e. The van der Waals surface area contributed by atoms with Crippen LogP contribution in [0.3, 0.4) is 0 Å². The van der Waals surface area contributed by atoms with Crippen molar-refractivity contribution in [3.63, 3.8) is 0 Å². The maximum absolute atomic E-state index is 11.9. The van der Waals surface area contributed by atoms with E-state index in [9.17, 15) is 14.7 Å². The Morgan fingerprint density at radius 2 is 2.37 bits per heavy atom. The highest BCUT2D eigenvalue weighted by atomic mass is 79.9. The number of carboxylic acids is 1. The molecule has 0 aliphatic carbocycles. The predicted molar refractivity (Wildman–Crippen MR) is 68.5 cm³/mol. The fraction of sp³-hybridized carbons (Fsp3) is 0.500. The largest absolute Gasteiger partial charge is 0.479 e. The summed E-state index contributed by atoms with van der Waals surface area (Å²) in [6, 6.07) is 0.917. The molecule has 2 atom stereocenters. The van der Waals surface area contributed by atoms with Crippen molar-refractivity contribution >= 4 is 27.8 Å². The SMILES string of the molecule is CCCN1C(=O)COC(C(=O)O)C1c1occc1Br. The third-order valence-corrected chi connectivity index (χ3v) is 3.61. The van der Waals surface area contributed by atoms with Crippen LogP contribution >= 0.6 is 15.9 Å². The first-order valence-corrected chi connectivity index (χ1v) is 6.72. The van der Waals surface area contributed by atoms with Gasteiger partial charge < -0.3 is 19.2 Å². The zero-order chi connectivity index (χ0) is 14.0. The zero-order valence-corrected chi connectivity index (χ0v) is 11.9. The lowest BCUT2D eigenvalue weighted by Gasteiger charge is -2.38. The van der Waals surface area contributed by atoms with Crippen LogP contribution in [0.25, 0.3) is 0 Å². The summed E-state index contributed by atoms with van der Waals surface area (Å²) in [6.45, 7) is 2.17. The van der Waals surface area contributed by atoms with Crippen molar-refractivity contribution in [1.82, 2.24) is 4.90 Å². The van der Waals surface area contributed by atoms with Crippen molar-refractivity contribution in [2.24, 2.45) is 0 Å². The molecule has 1 amide bonds. The van der Waals surface area contributed by atoms with E-state index in [1.807, 2.05) is 6.92 Å². The Kier molecular flexibility index (Phi) is 4.26. The number of amides is 1. The second kappa shape index (κ2) is 5.75. The highest BCUT2D eigenvalue weighted by Crippen LogP contribution is 2.35.